The lowest BCUT2D eigenvalue weighted by molar-refractivity contribution is -0.135. The highest BCUT2D eigenvalue weighted by atomic mass is 32.2. The molecule has 3 amide bonds. The predicted octanol–water partition coefficient (Wildman–Crippen LogP) is 3.01. The minimum absolute atomic E-state index is 0.00208. The number of aliphatic hydroxyl groups excluding tert-OH is 1. The first kappa shape index (κ1) is 39.6. The lowest BCUT2D eigenvalue weighted by Crippen LogP contribution is -2.55. The van der Waals surface area contributed by atoms with Crippen LogP contribution in [-0.4, -0.2) is 85.7 Å². The standard InChI is InChI=1S/C33H48F2N4O7S/c1-4-8-28(9-5-2)47(44,45)21-30(38-33(43)46-13-12-37-22-40)32(42)39(19-24-11-7-10-23(6-3)14-24)20-31(41)29(36)17-25-15-26(34)18-27(35)16-25/h7,10-11,14-16,18,22,28-31,41H,4-6,8-9,12-13,17,19-21,36H2,1-3H3,(H,37,40)(H,38,43)/t29-,30+,31+/m0/s1. The molecule has 11 nitrogen and oxygen atoms in total. The van der Waals surface area contributed by atoms with Crippen molar-refractivity contribution in [3.63, 3.8) is 0 Å². The zero-order valence-electron chi connectivity index (χ0n) is 27.3. The first-order valence-electron chi connectivity index (χ1n) is 15.9. The Morgan fingerprint density at radius 2 is 1.66 bits per heavy atom. The molecule has 0 heterocycles. The molecule has 47 heavy (non-hydrogen) atoms. The van der Waals surface area contributed by atoms with Crippen LogP contribution in [0.25, 0.3) is 0 Å². The fraction of sp³-hybridized carbons (Fsp3) is 0.545. The molecular weight excluding hydrogens is 634 g/mol. The summed E-state index contributed by atoms with van der Waals surface area (Å²) in [6.45, 7) is 5.02. The van der Waals surface area contributed by atoms with Crippen molar-refractivity contribution in [1.82, 2.24) is 15.5 Å². The number of rotatable bonds is 21. The molecule has 0 aliphatic rings. The van der Waals surface area contributed by atoms with Crippen molar-refractivity contribution in [1.29, 1.82) is 0 Å². The largest absolute Gasteiger partial charge is 0.448 e. The van der Waals surface area contributed by atoms with E-state index in [4.69, 9.17) is 10.5 Å². The first-order chi connectivity index (χ1) is 22.3. The molecule has 0 spiro atoms. The number of carbonyl (C=O) groups is 3. The Morgan fingerprint density at radius 1 is 1.02 bits per heavy atom. The third-order valence-electron chi connectivity index (χ3n) is 7.66. The van der Waals surface area contributed by atoms with Crippen LogP contribution in [0.4, 0.5) is 13.6 Å². The normalized spacial score (nSPS) is 13.4. The number of hydrogen-bond acceptors (Lipinski definition) is 8. The molecule has 2 rings (SSSR count). The smallest absolute Gasteiger partial charge is 0.407 e. The van der Waals surface area contributed by atoms with Crippen LogP contribution < -0.4 is 16.4 Å². The highest BCUT2D eigenvalue weighted by Gasteiger charge is 2.36. The molecule has 0 bridgehead atoms. The summed E-state index contributed by atoms with van der Waals surface area (Å²) in [5, 5.41) is 15.1. The third kappa shape index (κ3) is 13.6. The number of hydrogen-bond donors (Lipinski definition) is 4. The summed E-state index contributed by atoms with van der Waals surface area (Å²) in [4.78, 5) is 38.7. The van der Waals surface area contributed by atoms with Gasteiger partial charge in [-0.25, -0.2) is 22.0 Å². The van der Waals surface area contributed by atoms with E-state index in [-0.39, 0.29) is 38.2 Å². The quantitative estimate of drug-likeness (QED) is 0.115. The zero-order valence-corrected chi connectivity index (χ0v) is 28.1. The molecule has 5 N–H and O–H groups in total. The number of alkyl carbamates (subject to hydrolysis) is 1. The lowest BCUT2D eigenvalue weighted by atomic mass is 10.0. The van der Waals surface area contributed by atoms with Crippen molar-refractivity contribution < 1.29 is 41.4 Å². The maximum Gasteiger partial charge on any atom is 0.407 e. The van der Waals surface area contributed by atoms with E-state index in [1.165, 1.54) is 4.90 Å². The zero-order chi connectivity index (χ0) is 35.0. The molecule has 262 valence electrons. The van der Waals surface area contributed by atoms with E-state index in [0.717, 1.165) is 17.7 Å². The molecule has 2 aromatic carbocycles. The molecule has 0 aromatic heterocycles. The van der Waals surface area contributed by atoms with Gasteiger partial charge < -0.3 is 31.1 Å². The van der Waals surface area contributed by atoms with Crippen LogP contribution in [0.1, 0.15) is 63.1 Å². The van der Waals surface area contributed by atoms with Crippen molar-refractivity contribution in [2.24, 2.45) is 5.73 Å². The monoisotopic (exact) mass is 682 g/mol. The van der Waals surface area contributed by atoms with Crippen LogP contribution in [0.5, 0.6) is 0 Å². The topological polar surface area (TPSA) is 168 Å². The van der Waals surface area contributed by atoms with Gasteiger partial charge in [0.1, 0.15) is 24.3 Å². The van der Waals surface area contributed by atoms with Crippen molar-refractivity contribution in [2.75, 3.05) is 25.4 Å². The van der Waals surface area contributed by atoms with Crippen LogP contribution in [0.3, 0.4) is 0 Å². The number of nitrogens with one attached hydrogen (secondary N) is 2. The fourth-order valence-corrected chi connectivity index (χ4v) is 7.41. The molecule has 3 atom stereocenters. The van der Waals surface area contributed by atoms with E-state index >= 15 is 0 Å². The minimum atomic E-state index is -3.91. The second-order valence-electron chi connectivity index (χ2n) is 11.5. The summed E-state index contributed by atoms with van der Waals surface area (Å²) < 4.78 is 59.9. The Kier molecular flexibility index (Phi) is 16.8. The summed E-state index contributed by atoms with van der Waals surface area (Å²) in [5.41, 5.74) is 8.10. The number of carbonyl (C=O) groups excluding carboxylic acids is 3. The Balaban J connectivity index is 2.44. The maximum atomic E-state index is 14.2. The van der Waals surface area contributed by atoms with Gasteiger partial charge in [0.15, 0.2) is 9.84 Å². The van der Waals surface area contributed by atoms with E-state index in [0.29, 0.717) is 50.1 Å². The minimum Gasteiger partial charge on any atom is -0.448 e. The van der Waals surface area contributed by atoms with Crippen molar-refractivity contribution >= 4 is 28.2 Å². The summed E-state index contributed by atoms with van der Waals surface area (Å²) in [6, 6.07) is 7.62. The number of benzene rings is 2. The Labute approximate surface area is 276 Å². The SMILES string of the molecule is CCCC(CCC)S(=O)(=O)C[C@@H](NC(=O)OCCNC=O)C(=O)N(Cc1cccc(CC)c1)C[C@@H](O)[C@@H](N)Cc1cc(F)cc(F)c1. The van der Waals surface area contributed by atoms with Crippen LogP contribution >= 0.6 is 0 Å². The van der Waals surface area contributed by atoms with E-state index in [2.05, 4.69) is 10.6 Å². The molecule has 0 fully saturated rings. The Morgan fingerprint density at radius 3 is 2.26 bits per heavy atom. The summed E-state index contributed by atoms with van der Waals surface area (Å²) >= 11 is 0. The van der Waals surface area contributed by atoms with Crippen molar-refractivity contribution in [3.05, 3.63) is 70.8 Å². The van der Waals surface area contributed by atoms with Gasteiger partial charge in [0.25, 0.3) is 0 Å². The molecule has 0 saturated carbocycles. The second kappa shape index (κ2) is 19.9. The number of nitrogens with two attached hydrogens (primary N) is 1. The third-order valence-corrected chi connectivity index (χ3v) is 9.95. The van der Waals surface area contributed by atoms with E-state index in [1.807, 2.05) is 39.0 Å². The van der Waals surface area contributed by atoms with Gasteiger partial charge in [-0.3, -0.25) is 9.59 Å². The summed E-state index contributed by atoms with van der Waals surface area (Å²) in [6.07, 6.45) is 0.509. The average molecular weight is 683 g/mol. The Hall–Kier alpha value is -3.62. The molecule has 0 unspecified atom stereocenters. The van der Waals surface area contributed by atoms with E-state index in [9.17, 15) is 36.7 Å². The number of ether oxygens (including phenoxy) is 1. The lowest BCUT2D eigenvalue weighted by Gasteiger charge is -2.32. The number of aryl methyl sites for hydroxylation is 1. The van der Waals surface area contributed by atoms with Gasteiger partial charge in [0.2, 0.25) is 12.3 Å². The summed E-state index contributed by atoms with van der Waals surface area (Å²) in [5.74, 6) is -3.12. The number of amides is 3. The molecule has 14 heteroatoms. The second-order valence-corrected chi connectivity index (χ2v) is 13.9. The first-order valence-corrected chi connectivity index (χ1v) is 17.6. The van der Waals surface area contributed by atoms with Gasteiger partial charge >= 0.3 is 6.09 Å². The number of nitrogens with zero attached hydrogens (tertiary/aromatic N) is 1. The van der Waals surface area contributed by atoms with Gasteiger partial charge in [-0.15, -0.1) is 0 Å². The van der Waals surface area contributed by atoms with Crippen LogP contribution in [0, 0.1) is 11.6 Å². The van der Waals surface area contributed by atoms with E-state index in [1.54, 1.807) is 6.07 Å². The molecule has 0 aliphatic heterocycles. The van der Waals surface area contributed by atoms with Crippen LogP contribution in [0.15, 0.2) is 42.5 Å². The highest BCUT2D eigenvalue weighted by molar-refractivity contribution is 7.92. The van der Waals surface area contributed by atoms with Crippen molar-refractivity contribution in [3.8, 4) is 0 Å². The van der Waals surface area contributed by atoms with Crippen LogP contribution in [-0.2, 0) is 43.5 Å². The Bertz CT molecular complexity index is 1390. The van der Waals surface area contributed by atoms with Gasteiger partial charge in [-0.05, 0) is 54.5 Å². The summed E-state index contributed by atoms with van der Waals surface area (Å²) in [7, 11) is -3.91. The van der Waals surface area contributed by atoms with Gasteiger partial charge in [-0.1, -0.05) is 57.9 Å². The number of aliphatic hydroxyl groups is 1. The molecule has 0 aliphatic carbocycles. The molecular formula is C33H48F2N4O7S. The maximum absolute atomic E-state index is 14.2. The van der Waals surface area contributed by atoms with Gasteiger partial charge in [-0.2, -0.15) is 0 Å². The highest BCUT2D eigenvalue weighted by Crippen LogP contribution is 2.19. The van der Waals surface area contributed by atoms with Gasteiger partial charge in [0.05, 0.1) is 23.7 Å². The molecule has 0 radical (unpaired) electrons. The predicted molar refractivity (Wildman–Crippen MR) is 175 cm³/mol. The average Bonchev–Trinajstić information content (AvgIpc) is 3.01. The van der Waals surface area contributed by atoms with E-state index < -0.39 is 62.7 Å². The number of halogens is 2. The molecule has 0 saturated heterocycles. The van der Waals surface area contributed by atoms with Crippen molar-refractivity contribution in [2.45, 2.75) is 89.3 Å². The fourth-order valence-electron chi connectivity index (χ4n) is 5.26. The van der Waals surface area contributed by atoms with Crippen LogP contribution in [0.2, 0.25) is 0 Å². The molecule has 2 aromatic rings. The number of sulfone groups is 1. The van der Waals surface area contributed by atoms with Gasteiger partial charge in [0, 0.05) is 25.2 Å².